The van der Waals surface area contributed by atoms with Crippen LogP contribution >= 0.6 is 11.6 Å². The van der Waals surface area contributed by atoms with Crippen LogP contribution < -0.4 is 4.72 Å². The Morgan fingerprint density at radius 2 is 2.00 bits per heavy atom. The first-order chi connectivity index (χ1) is 8.97. The molecular weight excluding hydrogens is 288 g/mol. The summed E-state index contributed by atoms with van der Waals surface area (Å²) in [6.07, 6.45) is 0.452. The van der Waals surface area contributed by atoms with Gasteiger partial charge in [-0.05, 0) is 31.2 Å². The van der Waals surface area contributed by atoms with Crippen LogP contribution in [0.1, 0.15) is 11.5 Å². The summed E-state index contributed by atoms with van der Waals surface area (Å²) in [6, 6.07) is 7.77. The highest BCUT2D eigenvalue weighted by atomic mass is 35.5. The predicted molar refractivity (Wildman–Crippen MR) is 71.6 cm³/mol. The molecule has 7 heteroatoms. The van der Waals surface area contributed by atoms with Gasteiger partial charge in [-0.15, -0.1) is 0 Å². The third kappa shape index (κ3) is 3.79. The minimum absolute atomic E-state index is 0.186. The fourth-order valence-electron chi connectivity index (χ4n) is 1.54. The smallest absolute Gasteiger partial charge is 0.240 e. The van der Waals surface area contributed by atoms with E-state index in [9.17, 15) is 8.42 Å². The third-order valence-electron chi connectivity index (χ3n) is 2.46. The lowest BCUT2D eigenvalue weighted by Gasteiger charge is -2.05. The summed E-state index contributed by atoms with van der Waals surface area (Å²) in [5, 5.41) is 4.23. The van der Waals surface area contributed by atoms with Gasteiger partial charge in [0.05, 0.1) is 10.6 Å². The van der Waals surface area contributed by atoms with E-state index >= 15 is 0 Å². The van der Waals surface area contributed by atoms with Crippen molar-refractivity contribution < 1.29 is 12.9 Å². The number of hydrogen-bond donors (Lipinski definition) is 1. The van der Waals surface area contributed by atoms with E-state index < -0.39 is 10.0 Å². The topological polar surface area (TPSA) is 72.2 Å². The fraction of sp³-hybridized carbons (Fsp3) is 0.250. The lowest BCUT2D eigenvalue weighted by Crippen LogP contribution is -2.25. The molecule has 1 aromatic heterocycles. The van der Waals surface area contributed by atoms with Crippen molar-refractivity contribution in [1.82, 2.24) is 9.88 Å². The second kappa shape index (κ2) is 5.73. The van der Waals surface area contributed by atoms with Crippen LogP contribution in [0.15, 0.2) is 39.8 Å². The summed E-state index contributed by atoms with van der Waals surface area (Å²) in [5.41, 5.74) is 0.774. The minimum atomic E-state index is -3.51. The van der Waals surface area contributed by atoms with Crippen LogP contribution in [-0.2, 0) is 16.4 Å². The SMILES string of the molecule is Cc1cc(CCNS(=O)(=O)c2ccc(Cl)cc2)on1. The molecule has 0 fully saturated rings. The molecule has 2 rings (SSSR count). The van der Waals surface area contributed by atoms with Crippen LogP contribution in [0.25, 0.3) is 0 Å². The van der Waals surface area contributed by atoms with Gasteiger partial charge in [0.2, 0.25) is 10.0 Å². The first-order valence-electron chi connectivity index (χ1n) is 5.65. The molecule has 1 heterocycles. The van der Waals surface area contributed by atoms with E-state index in [1.165, 1.54) is 24.3 Å². The molecule has 5 nitrogen and oxygen atoms in total. The molecule has 0 aliphatic rings. The van der Waals surface area contributed by atoms with Crippen LogP contribution in [0.3, 0.4) is 0 Å². The van der Waals surface area contributed by atoms with Gasteiger partial charge in [0, 0.05) is 24.1 Å². The Bertz CT molecular complexity index is 650. The Morgan fingerprint density at radius 3 is 2.58 bits per heavy atom. The van der Waals surface area contributed by atoms with E-state index in [1.807, 2.05) is 6.92 Å². The summed E-state index contributed by atoms with van der Waals surface area (Å²) in [4.78, 5) is 0.186. The molecule has 0 unspecified atom stereocenters. The van der Waals surface area contributed by atoms with Gasteiger partial charge in [0.25, 0.3) is 0 Å². The van der Waals surface area contributed by atoms with Gasteiger partial charge in [0.15, 0.2) is 0 Å². The van der Waals surface area contributed by atoms with Crippen molar-refractivity contribution in [2.45, 2.75) is 18.2 Å². The number of sulfonamides is 1. The second-order valence-corrected chi connectivity index (χ2v) is 6.24. The molecule has 102 valence electrons. The van der Waals surface area contributed by atoms with Crippen molar-refractivity contribution >= 4 is 21.6 Å². The van der Waals surface area contributed by atoms with E-state index in [0.717, 1.165) is 5.69 Å². The van der Waals surface area contributed by atoms with Crippen molar-refractivity contribution in [2.75, 3.05) is 6.54 Å². The normalized spacial score (nSPS) is 11.7. The molecule has 1 N–H and O–H groups in total. The summed E-state index contributed by atoms with van der Waals surface area (Å²) in [6.45, 7) is 2.06. The van der Waals surface area contributed by atoms with Crippen LogP contribution in [0.4, 0.5) is 0 Å². The molecule has 0 saturated carbocycles. The summed E-state index contributed by atoms with van der Waals surface area (Å²) in [7, 11) is -3.51. The van der Waals surface area contributed by atoms with Crippen LogP contribution in [0.5, 0.6) is 0 Å². The van der Waals surface area contributed by atoms with E-state index in [1.54, 1.807) is 6.07 Å². The van der Waals surface area contributed by atoms with Gasteiger partial charge >= 0.3 is 0 Å². The number of aromatic nitrogens is 1. The number of hydrogen-bond acceptors (Lipinski definition) is 4. The molecular formula is C12H13ClN2O3S. The van der Waals surface area contributed by atoms with Crippen LogP contribution in [0, 0.1) is 6.92 Å². The highest BCUT2D eigenvalue weighted by Gasteiger charge is 2.13. The maximum absolute atomic E-state index is 11.9. The highest BCUT2D eigenvalue weighted by molar-refractivity contribution is 7.89. The van der Waals surface area contributed by atoms with Crippen molar-refractivity contribution in [1.29, 1.82) is 0 Å². The average molecular weight is 301 g/mol. The number of rotatable bonds is 5. The first kappa shape index (κ1) is 14.0. The molecule has 2 aromatic rings. The molecule has 0 bridgehead atoms. The maximum Gasteiger partial charge on any atom is 0.240 e. The third-order valence-corrected chi connectivity index (χ3v) is 4.19. The van der Waals surface area contributed by atoms with E-state index in [-0.39, 0.29) is 11.4 Å². The zero-order valence-electron chi connectivity index (χ0n) is 10.3. The molecule has 19 heavy (non-hydrogen) atoms. The molecule has 0 saturated heterocycles. The first-order valence-corrected chi connectivity index (χ1v) is 7.51. The number of aryl methyl sites for hydroxylation is 1. The number of nitrogens with zero attached hydrogens (tertiary/aromatic N) is 1. The highest BCUT2D eigenvalue weighted by Crippen LogP contribution is 2.13. The second-order valence-electron chi connectivity index (χ2n) is 4.04. The number of nitrogens with one attached hydrogen (secondary N) is 1. The quantitative estimate of drug-likeness (QED) is 0.918. The lowest BCUT2D eigenvalue weighted by molar-refractivity contribution is 0.379. The largest absolute Gasteiger partial charge is 0.361 e. The molecule has 0 spiro atoms. The summed E-state index contributed by atoms with van der Waals surface area (Å²) >= 11 is 5.71. The molecule has 0 aliphatic carbocycles. The van der Waals surface area contributed by atoms with Gasteiger partial charge in [-0.25, -0.2) is 13.1 Å². The Kier molecular flexibility index (Phi) is 4.24. The number of halogens is 1. The van der Waals surface area contributed by atoms with Crippen molar-refractivity contribution in [3.8, 4) is 0 Å². The van der Waals surface area contributed by atoms with Gasteiger partial charge < -0.3 is 4.52 Å². The Hall–Kier alpha value is -1.37. The molecule has 0 atom stereocenters. The fourth-order valence-corrected chi connectivity index (χ4v) is 2.70. The monoisotopic (exact) mass is 300 g/mol. The summed E-state index contributed by atoms with van der Waals surface area (Å²) in [5.74, 6) is 0.649. The molecule has 1 aromatic carbocycles. The van der Waals surface area contributed by atoms with E-state index in [0.29, 0.717) is 17.2 Å². The van der Waals surface area contributed by atoms with Gasteiger partial charge in [-0.1, -0.05) is 16.8 Å². The van der Waals surface area contributed by atoms with Gasteiger partial charge in [0.1, 0.15) is 5.76 Å². The van der Waals surface area contributed by atoms with Gasteiger partial charge in [-0.2, -0.15) is 0 Å². The zero-order chi connectivity index (χ0) is 13.9. The molecule has 0 amide bonds. The van der Waals surface area contributed by atoms with Crippen molar-refractivity contribution in [2.24, 2.45) is 0 Å². The lowest BCUT2D eigenvalue weighted by atomic mass is 10.3. The standard InChI is InChI=1S/C12H13ClN2O3S/c1-9-8-11(18-15-9)6-7-14-19(16,17)12-4-2-10(13)3-5-12/h2-5,8,14H,6-7H2,1H3. The van der Waals surface area contributed by atoms with Crippen molar-refractivity contribution in [3.63, 3.8) is 0 Å². The van der Waals surface area contributed by atoms with E-state index in [2.05, 4.69) is 9.88 Å². The molecule has 0 radical (unpaired) electrons. The number of benzene rings is 1. The van der Waals surface area contributed by atoms with E-state index in [4.69, 9.17) is 16.1 Å². The maximum atomic E-state index is 11.9. The predicted octanol–water partition coefficient (Wildman–Crippen LogP) is 2.16. The van der Waals surface area contributed by atoms with Crippen molar-refractivity contribution in [3.05, 3.63) is 46.8 Å². The summed E-state index contributed by atoms with van der Waals surface area (Å²) < 4.78 is 31.4. The Morgan fingerprint density at radius 1 is 1.32 bits per heavy atom. The average Bonchev–Trinajstić information content (AvgIpc) is 2.75. The molecule has 0 aliphatic heterocycles. The Balaban J connectivity index is 1.96. The minimum Gasteiger partial charge on any atom is -0.361 e. The van der Waals surface area contributed by atoms with Gasteiger partial charge in [-0.3, -0.25) is 0 Å². The Labute approximate surface area is 116 Å². The van der Waals surface area contributed by atoms with Crippen LogP contribution in [0.2, 0.25) is 5.02 Å². The van der Waals surface area contributed by atoms with Crippen LogP contribution in [-0.4, -0.2) is 20.1 Å². The zero-order valence-corrected chi connectivity index (χ0v) is 11.8.